The van der Waals surface area contributed by atoms with Gasteiger partial charge in [0.15, 0.2) is 0 Å². The van der Waals surface area contributed by atoms with Crippen LogP contribution in [0.15, 0.2) is 36.5 Å². The first-order valence-corrected chi connectivity index (χ1v) is 7.61. The lowest BCUT2D eigenvalue weighted by Crippen LogP contribution is -2.39. The average molecular weight is 311 g/mol. The topological polar surface area (TPSA) is 69.1 Å². The third kappa shape index (κ3) is 3.92. The van der Waals surface area contributed by atoms with Crippen LogP contribution in [0.3, 0.4) is 0 Å². The molecular formula is C18H21N3O2. The number of likely N-dealkylation sites (N-methyl/N-ethyl adjacent to an activating group) is 1. The zero-order chi connectivity index (χ0) is 16.8. The van der Waals surface area contributed by atoms with Gasteiger partial charge >= 0.3 is 0 Å². The summed E-state index contributed by atoms with van der Waals surface area (Å²) in [6.45, 7) is 4.59. The number of carbonyl (C=O) groups is 1. The van der Waals surface area contributed by atoms with Crippen molar-refractivity contribution in [3.05, 3.63) is 53.3 Å². The summed E-state index contributed by atoms with van der Waals surface area (Å²) in [4.78, 5) is 17.3. The molecule has 0 aliphatic carbocycles. The molecule has 120 valence electrons. The van der Waals surface area contributed by atoms with E-state index in [0.29, 0.717) is 17.8 Å². The molecule has 1 atom stereocenters. The smallest absolute Gasteiger partial charge is 0.270 e. The van der Waals surface area contributed by atoms with Gasteiger partial charge in [-0.15, -0.1) is 0 Å². The van der Waals surface area contributed by atoms with Crippen molar-refractivity contribution in [2.45, 2.75) is 26.3 Å². The molecule has 5 nitrogen and oxygen atoms in total. The predicted molar refractivity (Wildman–Crippen MR) is 88.4 cm³/mol. The number of ether oxygens (including phenoxy) is 1. The minimum Gasteiger partial charge on any atom is -0.497 e. The Hall–Kier alpha value is -2.74. The summed E-state index contributed by atoms with van der Waals surface area (Å²) in [5.41, 5.74) is 2.06. The molecule has 1 heterocycles. The fourth-order valence-corrected chi connectivity index (χ4v) is 2.61. The van der Waals surface area contributed by atoms with Crippen LogP contribution in [0.5, 0.6) is 5.75 Å². The highest BCUT2D eigenvalue weighted by Crippen LogP contribution is 2.16. The second-order valence-corrected chi connectivity index (χ2v) is 5.41. The van der Waals surface area contributed by atoms with Crippen molar-refractivity contribution in [2.24, 2.45) is 0 Å². The van der Waals surface area contributed by atoms with Crippen molar-refractivity contribution in [1.29, 1.82) is 5.26 Å². The minimum absolute atomic E-state index is 0.0507. The maximum Gasteiger partial charge on any atom is 0.270 e. The van der Waals surface area contributed by atoms with E-state index in [4.69, 9.17) is 10.00 Å². The predicted octanol–water partition coefficient (Wildman–Crippen LogP) is 2.99. The summed E-state index contributed by atoms with van der Waals surface area (Å²) in [5, 5.41) is 8.87. The van der Waals surface area contributed by atoms with Gasteiger partial charge in [0.25, 0.3) is 5.91 Å². The Bertz CT molecular complexity index is 698. The van der Waals surface area contributed by atoms with Gasteiger partial charge in [-0.3, -0.25) is 4.79 Å². The Kier molecular flexibility index (Phi) is 5.42. The van der Waals surface area contributed by atoms with Crippen LogP contribution >= 0.6 is 0 Å². The maximum absolute atomic E-state index is 12.6. The zero-order valence-corrected chi connectivity index (χ0v) is 13.7. The summed E-state index contributed by atoms with van der Waals surface area (Å²) in [6, 6.07) is 11.5. The molecule has 2 aromatic rings. The number of nitriles is 1. The molecule has 0 saturated carbocycles. The number of amides is 1. The molecule has 0 fully saturated rings. The van der Waals surface area contributed by atoms with Gasteiger partial charge in [-0.25, -0.2) is 0 Å². The molecule has 0 spiro atoms. The van der Waals surface area contributed by atoms with E-state index in [1.165, 1.54) is 0 Å². The van der Waals surface area contributed by atoms with Crippen LogP contribution in [0, 0.1) is 11.3 Å². The summed E-state index contributed by atoms with van der Waals surface area (Å²) in [5.74, 6) is 0.732. The van der Waals surface area contributed by atoms with Gasteiger partial charge in [-0.1, -0.05) is 12.1 Å². The molecule has 0 aliphatic heterocycles. The van der Waals surface area contributed by atoms with Crippen molar-refractivity contribution in [3.63, 3.8) is 0 Å². The highest BCUT2D eigenvalue weighted by Gasteiger charge is 2.21. The summed E-state index contributed by atoms with van der Waals surface area (Å²) in [6.07, 6.45) is 2.31. The first-order chi connectivity index (χ1) is 11.1. The number of carbonyl (C=O) groups excluding carboxylic acids is 1. The van der Waals surface area contributed by atoms with E-state index in [-0.39, 0.29) is 11.9 Å². The monoisotopic (exact) mass is 311 g/mol. The molecular weight excluding hydrogens is 290 g/mol. The van der Waals surface area contributed by atoms with Crippen LogP contribution in [-0.4, -0.2) is 35.5 Å². The maximum atomic E-state index is 12.6. The van der Waals surface area contributed by atoms with Gasteiger partial charge in [-0.2, -0.15) is 5.26 Å². The van der Waals surface area contributed by atoms with E-state index in [1.54, 1.807) is 24.3 Å². The molecule has 1 N–H and O–H groups in total. The molecule has 23 heavy (non-hydrogen) atoms. The van der Waals surface area contributed by atoms with Gasteiger partial charge in [-0.05, 0) is 44.0 Å². The molecule has 0 saturated heterocycles. The third-order valence-electron chi connectivity index (χ3n) is 3.87. The molecule has 1 aromatic heterocycles. The average Bonchev–Trinajstić information content (AvgIpc) is 3.05. The SMILES string of the molecule is CCN(C(=O)c1cc(C#N)c[nH]1)[C@@H](C)Cc1ccc(OC)cc1. The molecule has 1 amide bonds. The number of rotatable bonds is 6. The Balaban J connectivity index is 2.09. The fourth-order valence-electron chi connectivity index (χ4n) is 2.61. The van der Waals surface area contributed by atoms with Crippen molar-refractivity contribution in [2.75, 3.05) is 13.7 Å². The number of methoxy groups -OCH3 is 1. The second-order valence-electron chi connectivity index (χ2n) is 5.41. The number of nitrogens with zero attached hydrogens (tertiary/aromatic N) is 2. The van der Waals surface area contributed by atoms with Crippen LogP contribution in [-0.2, 0) is 6.42 Å². The van der Waals surface area contributed by atoms with Gasteiger partial charge in [0, 0.05) is 18.8 Å². The van der Waals surface area contributed by atoms with E-state index in [0.717, 1.165) is 17.7 Å². The van der Waals surface area contributed by atoms with Crippen LogP contribution < -0.4 is 4.74 Å². The molecule has 0 aliphatic rings. The highest BCUT2D eigenvalue weighted by atomic mass is 16.5. The Morgan fingerprint density at radius 2 is 2.09 bits per heavy atom. The fraction of sp³-hybridized carbons (Fsp3) is 0.333. The second kappa shape index (κ2) is 7.50. The highest BCUT2D eigenvalue weighted by molar-refractivity contribution is 5.93. The summed E-state index contributed by atoms with van der Waals surface area (Å²) in [7, 11) is 1.64. The third-order valence-corrected chi connectivity index (χ3v) is 3.87. The van der Waals surface area contributed by atoms with E-state index >= 15 is 0 Å². The lowest BCUT2D eigenvalue weighted by molar-refractivity contribution is 0.0698. The number of benzene rings is 1. The van der Waals surface area contributed by atoms with E-state index < -0.39 is 0 Å². The lowest BCUT2D eigenvalue weighted by atomic mass is 10.1. The van der Waals surface area contributed by atoms with E-state index in [9.17, 15) is 4.79 Å². The quantitative estimate of drug-likeness (QED) is 0.891. The molecule has 1 aromatic carbocycles. The van der Waals surface area contributed by atoms with E-state index in [1.807, 2.05) is 44.2 Å². The number of aromatic amines is 1. The molecule has 2 rings (SSSR count). The van der Waals surface area contributed by atoms with Crippen molar-refractivity contribution < 1.29 is 9.53 Å². The zero-order valence-electron chi connectivity index (χ0n) is 13.7. The van der Waals surface area contributed by atoms with Crippen molar-refractivity contribution in [1.82, 2.24) is 9.88 Å². The summed E-state index contributed by atoms with van der Waals surface area (Å²) >= 11 is 0. The number of hydrogen-bond acceptors (Lipinski definition) is 3. The molecule has 5 heteroatoms. The Labute approximate surface area is 136 Å². The van der Waals surface area contributed by atoms with Crippen LogP contribution in [0.25, 0.3) is 0 Å². The Morgan fingerprint density at radius 1 is 1.39 bits per heavy atom. The van der Waals surface area contributed by atoms with Crippen LogP contribution in [0.2, 0.25) is 0 Å². The van der Waals surface area contributed by atoms with Gasteiger partial charge in [0.05, 0.1) is 12.7 Å². The first-order valence-electron chi connectivity index (χ1n) is 7.61. The Morgan fingerprint density at radius 3 is 2.61 bits per heavy atom. The lowest BCUT2D eigenvalue weighted by Gasteiger charge is -2.28. The number of H-pyrrole nitrogens is 1. The normalized spacial score (nSPS) is 11.6. The largest absolute Gasteiger partial charge is 0.497 e. The number of nitrogens with one attached hydrogen (secondary N) is 1. The first kappa shape index (κ1) is 16.6. The van der Waals surface area contributed by atoms with E-state index in [2.05, 4.69) is 4.98 Å². The van der Waals surface area contributed by atoms with Crippen molar-refractivity contribution in [3.8, 4) is 11.8 Å². The van der Waals surface area contributed by atoms with Gasteiger partial charge in [0.1, 0.15) is 17.5 Å². The van der Waals surface area contributed by atoms with Crippen LogP contribution in [0.1, 0.15) is 35.5 Å². The summed E-state index contributed by atoms with van der Waals surface area (Å²) < 4.78 is 5.16. The number of aromatic nitrogens is 1. The minimum atomic E-state index is -0.0880. The molecule has 0 unspecified atom stereocenters. The molecule has 0 radical (unpaired) electrons. The standard InChI is InChI=1S/C18H21N3O2/c1-4-21(18(22)17-10-15(11-19)12-20-17)13(2)9-14-5-7-16(23-3)8-6-14/h5-8,10,12-13,20H,4,9H2,1-3H3/t13-/m0/s1. The van der Waals surface area contributed by atoms with Crippen LogP contribution in [0.4, 0.5) is 0 Å². The van der Waals surface area contributed by atoms with Gasteiger partial charge < -0.3 is 14.6 Å². The molecule has 0 bridgehead atoms. The van der Waals surface area contributed by atoms with Gasteiger partial charge in [0.2, 0.25) is 0 Å². The number of hydrogen-bond donors (Lipinski definition) is 1. The van der Waals surface area contributed by atoms with Crippen molar-refractivity contribution >= 4 is 5.91 Å².